The first-order chi connectivity index (χ1) is 9.74. The first-order valence-electron chi connectivity index (χ1n) is 6.76. The minimum absolute atomic E-state index is 0.109. The van der Waals surface area contributed by atoms with Crippen LogP contribution in [-0.2, 0) is 6.42 Å². The van der Waals surface area contributed by atoms with Crippen LogP contribution in [0.1, 0.15) is 12.0 Å². The summed E-state index contributed by atoms with van der Waals surface area (Å²) in [5.74, 6) is 0. The largest absolute Gasteiger partial charge is 0.399 e. The van der Waals surface area contributed by atoms with E-state index in [4.69, 9.17) is 5.73 Å². The lowest BCUT2D eigenvalue weighted by Crippen LogP contribution is -2.38. The monoisotopic (exact) mass is 267 g/mol. The minimum Gasteiger partial charge on any atom is -0.399 e. The molecule has 1 aliphatic heterocycles. The third-order valence-corrected chi connectivity index (χ3v) is 3.50. The number of urea groups is 1. The Morgan fingerprint density at radius 3 is 2.75 bits per heavy atom. The SMILES string of the molecule is Nc1ccc2c(c1)N(C(=O)Nc1ccccc1)CCC2. The fraction of sp³-hybridized carbons (Fsp3) is 0.188. The number of hydrogen-bond donors (Lipinski definition) is 2. The Hall–Kier alpha value is -2.49. The van der Waals surface area contributed by atoms with Crippen LogP contribution in [-0.4, -0.2) is 12.6 Å². The Bertz CT molecular complexity index is 625. The van der Waals surface area contributed by atoms with Gasteiger partial charge in [0.05, 0.1) is 5.69 Å². The number of aryl methyl sites for hydroxylation is 1. The van der Waals surface area contributed by atoms with Crippen molar-refractivity contribution in [2.24, 2.45) is 0 Å². The van der Waals surface area contributed by atoms with E-state index in [1.54, 1.807) is 4.90 Å². The van der Waals surface area contributed by atoms with E-state index in [0.29, 0.717) is 5.69 Å². The van der Waals surface area contributed by atoms with Crippen LogP contribution in [0.4, 0.5) is 21.9 Å². The van der Waals surface area contributed by atoms with Gasteiger partial charge < -0.3 is 11.1 Å². The van der Waals surface area contributed by atoms with E-state index in [1.807, 2.05) is 48.5 Å². The van der Waals surface area contributed by atoms with Gasteiger partial charge in [0.2, 0.25) is 0 Å². The number of hydrogen-bond acceptors (Lipinski definition) is 2. The maximum atomic E-state index is 12.4. The quantitative estimate of drug-likeness (QED) is 0.779. The average Bonchev–Trinajstić information content (AvgIpc) is 2.47. The summed E-state index contributed by atoms with van der Waals surface area (Å²) in [6.45, 7) is 0.717. The lowest BCUT2D eigenvalue weighted by atomic mass is 10.0. The lowest BCUT2D eigenvalue weighted by molar-refractivity contribution is 0.256. The fourth-order valence-electron chi connectivity index (χ4n) is 2.52. The van der Waals surface area contributed by atoms with Crippen molar-refractivity contribution in [1.29, 1.82) is 0 Å². The van der Waals surface area contributed by atoms with Gasteiger partial charge in [-0.2, -0.15) is 0 Å². The fourth-order valence-corrected chi connectivity index (χ4v) is 2.52. The molecule has 2 aromatic rings. The van der Waals surface area contributed by atoms with Crippen LogP contribution < -0.4 is 16.0 Å². The number of carbonyl (C=O) groups excluding carboxylic acids is 1. The molecule has 0 aliphatic carbocycles. The number of anilines is 3. The molecule has 0 saturated heterocycles. The van der Waals surface area contributed by atoms with Gasteiger partial charge in [0.1, 0.15) is 0 Å². The van der Waals surface area contributed by atoms with E-state index < -0.39 is 0 Å². The first-order valence-corrected chi connectivity index (χ1v) is 6.76. The van der Waals surface area contributed by atoms with Gasteiger partial charge in [-0.1, -0.05) is 24.3 Å². The molecule has 20 heavy (non-hydrogen) atoms. The van der Waals surface area contributed by atoms with Crippen LogP contribution in [0.25, 0.3) is 0 Å². The summed E-state index contributed by atoms with van der Waals surface area (Å²) >= 11 is 0. The van der Waals surface area contributed by atoms with Gasteiger partial charge in [-0.25, -0.2) is 4.79 Å². The van der Waals surface area contributed by atoms with E-state index in [9.17, 15) is 4.79 Å². The van der Waals surface area contributed by atoms with Crippen LogP contribution in [0.3, 0.4) is 0 Å². The number of carbonyl (C=O) groups is 1. The zero-order chi connectivity index (χ0) is 13.9. The second kappa shape index (κ2) is 5.25. The highest BCUT2D eigenvalue weighted by atomic mass is 16.2. The van der Waals surface area contributed by atoms with Gasteiger partial charge in [0, 0.05) is 17.9 Å². The smallest absolute Gasteiger partial charge is 0.326 e. The van der Waals surface area contributed by atoms with Crippen LogP contribution in [0.15, 0.2) is 48.5 Å². The number of amides is 2. The summed E-state index contributed by atoms with van der Waals surface area (Å²) in [4.78, 5) is 14.2. The van der Waals surface area contributed by atoms with Crippen molar-refractivity contribution in [2.75, 3.05) is 22.5 Å². The summed E-state index contributed by atoms with van der Waals surface area (Å²) in [7, 11) is 0. The van der Waals surface area contributed by atoms with Gasteiger partial charge in [0.25, 0.3) is 0 Å². The topological polar surface area (TPSA) is 58.4 Å². The maximum Gasteiger partial charge on any atom is 0.326 e. The molecule has 4 heteroatoms. The van der Waals surface area contributed by atoms with E-state index in [0.717, 1.165) is 30.8 Å². The number of nitrogens with zero attached hydrogens (tertiary/aromatic N) is 1. The molecule has 0 atom stereocenters. The molecule has 3 N–H and O–H groups in total. The molecule has 3 rings (SSSR count). The number of nitrogens with two attached hydrogens (primary N) is 1. The molecule has 0 aromatic heterocycles. The number of fused-ring (bicyclic) bond motifs is 1. The molecule has 0 spiro atoms. The van der Waals surface area contributed by atoms with Crippen molar-refractivity contribution in [3.8, 4) is 0 Å². The molecule has 4 nitrogen and oxygen atoms in total. The van der Waals surface area contributed by atoms with Gasteiger partial charge >= 0.3 is 6.03 Å². The average molecular weight is 267 g/mol. The zero-order valence-electron chi connectivity index (χ0n) is 11.2. The number of nitrogens with one attached hydrogen (secondary N) is 1. The van der Waals surface area contributed by atoms with Gasteiger partial charge in [-0.15, -0.1) is 0 Å². The van der Waals surface area contributed by atoms with Crippen molar-refractivity contribution < 1.29 is 4.79 Å². The van der Waals surface area contributed by atoms with Crippen LogP contribution >= 0.6 is 0 Å². The molecule has 1 heterocycles. The molecule has 0 saturated carbocycles. The minimum atomic E-state index is -0.109. The predicted molar refractivity (Wildman–Crippen MR) is 82.0 cm³/mol. The van der Waals surface area contributed by atoms with Crippen molar-refractivity contribution >= 4 is 23.1 Å². The number of nitrogen functional groups attached to an aromatic ring is 1. The molecular weight excluding hydrogens is 250 g/mol. The highest BCUT2D eigenvalue weighted by Crippen LogP contribution is 2.29. The van der Waals surface area contributed by atoms with Crippen LogP contribution in [0, 0.1) is 0 Å². The molecule has 0 radical (unpaired) electrons. The molecule has 1 aliphatic rings. The van der Waals surface area contributed by atoms with Crippen LogP contribution in [0.5, 0.6) is 0 Å². The maximum absolute atomic E-state index is 12.4. The van der Waals surface area contributed by atoms with Crippen molar-refractivity contribution in [3.05, 3.63) is 54.1 Å². The zero-order valence-corrected chi connectivity index (χ0v) is 11.2. The van der Waals surface area contributed by atoms with Gasteiger partial charge in [-0.05, 0) is 42.7 Å². The Morgan fingerprint density at radius 2 is 1.95 bits per heavy atom. The molecule has 102 valence electrons. The third-order valence-electron chi connectivity index (χ3n) is 3.50. The molecule has 0 fully saturated rings. The van der Waals surface area contributed by atoms with Crippen molar-refractivity contribution in [3.63, 3.8) is 0 Å². The normalized spacial score (nSPS) is 13.7. The lowest BCUT2D eigenvalue weighted by Gasteiger charge is -2.29. The van der Waals surface area contributed by atoms with E-state index in [1.165, 1.54) is 5.56 Å². The number of benzene rings is 2. The van der Waals surface area contributed by atoms with Gasteiger partial charge in [-0.3, -0.25) is 4.90 Å². The molecule has 0 unspecified atom stereocenters. The Labute approximate surface area is 118 Å². The molecule has 2 amide bonds. The Balaban J connectivity index is 1.85. The highest BCUT2D eigenvalue weighted by molar-refractivity contribution is 6.02. The van der Waals surface area contributed by atoms with E-state index in [2.05, 4.69) is 5.32 Å². The van der Waals surface area contributed by atoms with Crippen molar-refractivity contribution in [1.82, 2.24) is 0 Å². The highest BCUT2D eigenvalue weighted by Gasteiger charge is 2.22. The summed E-state index contributed by atoms with van der Waals surface area (Å²) in [6, 6.07) is 15.1. The summed E-state index contributed by atoms with van der Waals surface area (Å²) in [5.41, 5.74) is 9.42. The number of para-hydroxylation sites is 1. The summed E-state index contributed by atoms with van der Waals surface area (Å²) in [5, 5.41) is 2.92. The first kappa shape index (κ1) is 12.5. The summed E-state index contributed by atoms with van der Waals surface area (Å²) in [6.07, 6.45) is 1.96. The van der Waals surface area contributed by atoms with E-state index in [-0.39, 0.29) is 6.03 Å². The number of rotatable bonds is 1. The molecule has 0 bridgehead atoms. The summed E-state index contributed by atoms with van der Waals surface area (Å²) < 4.78 is 0. The molecular formula is C16H17N3O. The standard InChI is InChI=1S/C16H17N3O/c17-13-9-8-12-5-4-10-19(15(12)11-13)16(20)18-14-6-2-1-3-7-14/h1-3,6-9,11H,4-5,10,17H2,(H,18,20). The third kappa shape index (κ3) is 2.45. The Kier molecular flexibility index (Phi) is 3.29. The van der Waals surface area contributed by atoms with Gasteiger partial charge in [0.15, 0.2) is 0 Å². The second-order valence-corrected chi connectivity index (χ2v) is 4.94. The van der Waals surface area contributed by atoms with Crippen LogP contribution in [0.2, 0.25) is 0 Å². The van der Waals surface area contributed by atoms with Crippen molar-refractivity contribution in [2.45, 2.75) is 12.8 Å². The second-order valence-electron chi connectivity index (χ2n) is 4.94. The molecule has 2 aromatic carbocycles. The van der Waals surface area contributed by atoms with E-state index >= 15 is 0 Å². The predicted octanol–water partition coefficient (Wildman–Crippen LogP) is 3.25. The Morgan fingerprint density at radius 1 is 1.15 bits per heavy atom.